The number of aromatic nitrogens is 4. The van der Waals surface area contributed by atoms with Crippen LogP contribution in [0.1, 0.15) is 41.4 Å². The molecule has 1 aromatic carbocycles. The van der Waals surface area contributed by atoms with Crippen LogP contribution < -0.4 is 0 Å². The van der Waals surface area contributed by atoms with Crippen LogP contribution in [-0.4, -0.2) is 61.8 Å². The smallest absolute Gasteiger partial charge is 0.244 e. The predicted octanol–water partition coefficient (Wildman–Crippen LogP) is 2.84. The molecule has 31 heavy (non-hydrogen) atoms. The molecule has 1 unspecified atom stereocenters. The molecule has 1 amide bonds. The van der Waals surface area contributed by atoms with Gasteiger partial charge in [-0.15, -0.1) is 0 Å². The quantitative estimate of drug-likeness (QED) is 0.629. The summed E-state index contributed by atoms with van der Waals surface area (Å²) >= 11 is 0. The van der Waals surface area contributed by atoms with Gasteiger partial charge in [0.1, 0.15) is 0 Å². The molecule has 1 aliphatic heterocycles. The van der Waals surface area contributed by atoms with Crippen LogP contribution >= 0.6 is 0 Å². The minimum atomic E-state index is 0.00626. The van der Waals surface area contributed by atoms with E-state index in [2.05, 4.69) is 34.0 Å². The van der Waals surface area contributed by atoms with Crippen LogP contribution in [0.25, 0.3) is 11.4 Å². The topological polar surface area (TPSA) is 80.3 Å². The summed E-state index contributed by atoms with van der Waals surface area (Å²) in [5, 5.41) is 8.58. The van der Waals surface area contributed by atoms with Gasteiger partial charge in [-0.25, -0.2) is 0 Å². The normalized spacial score (nSPS) is 16.0. The number of hydrogen-bond donors (Lipinski definition) is 0. The number of piperazine rings is 1. The molecule has 3 aromatic rings. The van der Waals surface area contributed by atoms with Crippen LogP contribution in [0.2, 0.25) is 0 Å². The van der Waals surface area contributed by atoms with E-state index in [1.165, 1.54) is 5.56 Å². The van der Waals surface area contributed by atoms with Crippen molar-refractivity contribution in [2.45, 2.75) is 40.2 Å². The number of carbonyl (C=O) groups is 1. The van der Waals surface area contributed by atoms with E-state index in [9.17, 15) is 4.79 Å². The molecule has 8 nitrogen and oxygen atoms in total. The van der Waals surface area contributed by atoms with E-state index >= 15 is 0 Å². The summed E-state index contributed by atoms with van der Waals surface area (Å²) in [6.45, 7) is 11.0. The molecule has 0 bridgehead atoms. The summed E-state index contributed by atoms with van der Waals surface area (Å²) in [4.78, 5) is 21.7. The molecule has 1 atom stereocenters. The van der Waals surface area contributed by atoms with E-state index in [1.54, 1.807) is 0 Å². The fourth-order valence-corrected chi connectivity index (χ4v) is 4.08. The molecule has 164 valence electrons. The van der Waals surface area contributed by atoms with Crippen LogP contribution in [0.4, 0.5) is 0 Å². The molecule has 0 radical (unpaired) electrons. The van der Waals surface area contributed by atoms with Crippen LogP contribution in [0.5, 0.6) is 0 Å². The number of aryl methyl sites for hydroxylation is 3. The van der Waals surface area contributed by atoms with Gasteiger partial charge < -0.3 is 9.42 Å². The molecule has 0 N–H and O–H groups in total. The van der Waals surface area contributed by atoms with Gasteiger partial charge in [-0.1, -0.05) is 35.0 Å². The molecule has 1 saturated heterocycles. The number of nitrogens with zero attached hydrogens (tertiary/aromatic N) is 6. The summed E-state index contributed by atoms with van der Waals surface area (Å²) in [5.41, 5.74) is 5.17. The van der Waals surface area contributed by atoms with Crippen LogP contribution in [-0.2, 0) is 18.3 Å². The van der Waals surface area contributed by atoms with Crippen molar-refractivity contribution in [1.29, 1.82) is 0 Å². The van der Waals surface area contributed by atoms with Crippen molar-refractivity contribution in [2.75, 3.05) is 26.2 Å². The Labute approximate surface area is 182 Å². The van der Waals surface area contributed by atoms with E-state index in [0.717, 1.165) is 35.6 Å². The zero-order chi connectivity index (χ0) is 22.1. The van der Waals surface area contributed by atoms with Crippen LogP contribution in [0, 0.1) is 20.8 Å². The summed E-state index contributed by atoms with van der Waals surface area (Å²) in [5.74, 6) is 1.38. The molecule has 0 spiro atoms. The van der Waals surface area contributed by atoms with Gasteiger partial charge in [0.25, 0.3) is 0 Å². The highest BCUT2D eigenvalue weighted by Gasteiger charge is 2.28. The molecule has 8 heteroatoms. The third-order valence-electron chi connectivity index (χ3n) is 6.31. The third-order valence-corrected chi connectivity index (χ3v) is 6.31. The fourth-order valence-electron chi connectivity index (χ4n) is 4.08. The second kappa shape index (κ2) is 8.63. The highest BCUT2D eigenvalue weighted by Crippen LogP contribution is 2.24. The van der Waals surface area contributed by atoms with Crippen molar-refractivity contribution >= 4 is 5.91 Å². The van der Waals surface area contributed by atoms with E-state index in [4.69, 9.17) is 4.52 Å². The number of hydrogen-bond acceptors (Lipinski definition) is 6. The Morgan fingerprint density at radius 1 is 1.10 bits per heavy atom. The second-order valence-corrected chi connectivity index (χ2v) is 8.36. The Morgan fingerprint density at radius 3 is 2.39 bits per heavy atom. The lowest BCUT2D eigenvalue weighted by atomic mass is 10.1. The summed E-state index contributed by atoms with van der Waals surface area (Å²) in [7, 11) is 1.91. The number of amides is 1. The van der Waals surface area contributed by atoms with Gasteiger partial charge in [0.15, 0.2) is 0 Å². The highest BCUT2D eigenvalue weighted by atomic mass is 16.5. The average Bonchev–Trinajstić information content (AvgIpc) is 3.35. The van der Waals surface area contributed by atoms with Crippen LogP contribution in [0.15, 0.2) is 28.8 Å². The van der Waals surface area contributed by atoms with Crippen molar-refractivity contribution in [3.8, 4) is 11.4 Å². The molecule has 1 aliphatic rings. The Balaban J connectivity index is 1.35. The first-order valence-corrected chi connectivity index (χ1v) is 10.7. The number of benzene rings is 1. The Morgan fingerprint density at radius 2 is 1.77 bits per heavy atom. The van der Waals surface area contributed by atoms with Crippen molar-refractivity contribution in [2.24, 2.45) is 7.05 Å². The average molecular weight is 423 g/mol. The first-order chi connectivity index (χ1) is 14.8. The van der Waals surface area contributed by atoms with Gasteiger partial charge in [-0.3, -0.25) is 14.4 Å². The van der Waals surface area contributed by atoms with Gasteiger partial charge in [0.05, 0.1) is 18.2 Å². The first kappa shape index (κ1) is 21.2. The summed E-state index contributed by atoms with van der Waals surface area (Å²) in [6, 6.07) is 8.10. The maximum Gasteiger partial charge on any atom is 0.244 e. The lowest BCUT2D eigenvalue weighted by Crippen LogP contribution is -2.49. The van der Waals surface area contributed by atoms with E-state index < -0.39 is 0 Å². The van der Waals surface area contributed by atoms with Crippen molar-refractivity contribution in [3.63, 3.8) is 0 Å². The summed E-state index contributed by atoms with van der Waals surface area (Å²) in [6.07, 6.45) is 0.407. The fraction of sp³-hybridized carbons (Fsp3) is 0.478. The molecule has 0 saturated carbocycles. The molecular weight excluding hydrogens is 392 g/mol. The monoisotopic (exact) mass is 422 g/mol. The number of carbonyl (C=O) groups excluding carboxylic acids is 1. The molecule has 4 rings (SSSR count). The van der Waals surface area contributed by atoms with E-state index in [-0.39, 0.29) is 11.9 Å². The minimum Gasteiger partial charge on any atom is -0.340 e. The lowest BCUT2D eigenvalue weighted by molar-refractivity contribution is -0.132. The van der Waals surface area contributed by atoms with Crippen molar-refractivity contribution in [1.82, 2.24) is 29.7 Å². The summed E-state index contributed by atoms with van der Waals surface area (Å²) < 4.78 is 7.39. The molecule has 3 heterocycles. The standard InChI is InChI=1S/C23H30N6O2/c1-15-6-8-19(9-7-15)22-24-23(31-26-22)18(4)28-10-12-29(13-11-28)21(30)14-20-16(2)25-27(5)17(20)3/h6-9,18H,10-14H2,1-5H3. The Hall–Kier alpha value is -3.00. The highest BCUT2D eigenvalue weighted by molar-refractivity contribution is 5.79. The molecule has 0 aliphatic carbocycles. The lowest BCUT2D eigenvalue weighted by Gasteiger charge is -2.36. The Kier molecular flexibility index (Phi) is 5.91. The van der Waals surface area contributed by atoms with Gasteiger partial charge >= 0.3 is 0 Å². The van der Waals surface area contributed by atoms with Crippen LogP contribution in [0.3, 0.4) is 0 Å². The van der Waals surface area contributed by atoms with Gasteiger partial charge in [-0.05, 0) is 27.7 Å². The minimum absolute atomic E-state index is 0.00626. The SMILES string of the molecule is Cc1ccc(-c2noc(C(C)N3CCN(C(=O)Cc4c(C)nn(C)c4C)CC3)n2)cc1. The van der Waals surface area contributed by atoms with Crippen molar-refractivity contribution in [3.05, 3.63) is 52.7 Å². The second-order valence-electron chi connectivity index (χ2n) is 8.36. The largest absolute Gasteiger partial charge is 0.340 e. The third kappa shape index (κ3) is 4.39. The molecule has 2 aromatic heterocycles. The first-order valence-electron chi connectivity index (χ1n) is 10.7. The van der Waals surface area contributed by atoms with Crippen molar-refractivity contribution < 1.29 is 9.32 Å². The zero-order valence-corrected chi connectivity index (χ0v) is 18.9. The molecular formula is C23H30N6O2. The predicted molar refractivity (Wildman–Crippen MR) is 117 cm³/mol. The zero-order valence-electron chi connectivity index (χ0n) is 18.9. The van der Waals surface area contributed by atoms with Gasteiger partial charge in [0.2, 0.25) is 17.6 Å². The Bertz CT molecular complexity index is 1060. The van der Waals surface area contributed by atoms with E-state index in [1.807, 2.05) is 54.7 Å². The van der Waals surface area contributed by atoms with E-state index in [0.29, 0.717) is 31.2 Å². The maximum absolute atomic E-state index is 12.8. The molecule has 1 fully saturated rings. The van der Waals surface area contributed by atoms with Gasteiger partial charge in [-0.2, -0.15) is 10.1 Å². The van der Waals surface area contributed by atoms with Gasteiger partial charge in [0, 0.05) is 50.0 Å². The number of rotatable bonds is 5. The maximum atomic E-state index is 12.8.